The minimum absolute atomic E-state index is 0.245. The Morgan fingerprint density at radius 2 is 0.767 bits per heavy atom. The van der Waals surface area contributed by atoms with Gasteiger partial charge in [0.05, 0.1) is 33.0 Å². The van der Waals surface area contributed by atoms with Crippen LogP contribution in [0.15, 0.2) is 164 Å². The standard InChI is InChI=1S/C51H59NO8/c1-2-33-54-45-46(55-34-21-4-3-20-32-52-51(53)60-39-44-30-18-9-19-31-44)48(57-36-41-24-12-6-13-25-41)50(59-38-43-28-16-8-17-29-43)49(58-37-42-26-14-7-15-27-42)47(45)56-35-40-22-10-5-11-23-40/h2,5-19,22-31,45-50H,1,3-4,20-21,32-39H2,(H,52,53)/t45-,46+,47+,48+,49-,50-/m1/s1. The molecule has 1 aliphatic rings. The Labute approximate surface area is 355 Å². The molecule has 5 aromatic rings. The number of hydrogen-bond acceptors (Lipinski definition) is 8. The Morgan fingerprint density at radius 3 is 1.15 bits per heavy atom. The number of ether oxygens (including phenoxy) is 7. The molecule has 0 unspecified atom stereocenters. The van der Waals surface area contributed by atoms with E-state index >= 15 is 0 Å². The van der Waals surface area contributed by atoms with Crippen LogP contribution in [0.2, 0.25) is 0 Å². The zero-order chi connectivity index (χ0) is 41.5. The molecule has 6 rings (SSSR count). The van der Waals surface area contributed by atoms with E-state index in [4.69, 9.17) is 33.2 Å². The highest BCUT2D eigenvalue weighted by Gasteiger charge is 2.55. The van der Waals surface area contributed by atoms with Gasteiger partial charge in [-0.15, -0.1) is 6.58 Å². The molecule has 1 aliphatic carbocycles. The topological polar surface area (TPSA) is 93.7 Å². The van der Waals surface area contributed by atoms with Crippen molar-refractivity contribution in [2.24, 2.45) is 0 Å². The van der Waals surface area contributed by atoms with Crippen LogP contribution in [0.5, 0.6) is 0 Å². The number of benzene rings is 5. The van der Waals surface area contributed by atoms with E-state index in [9.17, 15) is 4.79 Å². The van der Waals surface area contributed by atoms with Crippen LogP contribution in [0.4, 0.5) is 4.79 Å². The highest BCUT2D eigenvalue weighted by atomic mass is 16.6. The van der Waals surface area contributed by atoms with Crippen LogP contribution < -0.4 is 5.32 Å². The van der Waals surface area contributed by atoms with Gasteiger partial charge in [0.1, 0.15) is 43.2 Å². The number of amides is 1. The fourth-order valence-corrected chi connectivity index (χ4v) is 7.27. The van der Waals surface area contributed by atoms with Crippen LogP contribution in [0, 0.1) is 0 Å². The first-order valence-electron chi connectivity index (χ1n) is 21.1. The Morgan fingerprint density at radius 1 is 0.433 bits per heavy atom. The molecule has 9 heteroatoms. The second kappa shape index (κ2) is 25.5. The maximum Gasteiger partial charge on any atom is 0.407 e. The van der Waals surface area contributed by atoms with Gasteiger partial charge in [-0.1, -0.05) is 171 Å². The Bertz CT molecular complexity index is 1900. The first-order valence-corrected chi connectivity index (χ1v) is 21.1. The summed E-state index contributed by atoms with van der Waals surface area (Å²) < 4.78 is 46.6. The molecule has 9 nitrogen and oxygen atoms in total. The fourth-order valence-electron chi connectivity index (χ4n) is 7.27. The number of alkyl carbamates (subject to hydrolysis) is 1. The van der Waals surface area contributed by atoms with Crippen molar-refractivity contribution in [3.8, 4) is 0 Å². The molecule has 0 aliphatic heterocycles. The molecule has 6 atom stereocenters. The van der Waals surface area contributed by atoms with Crippen molar-refractivity contribution in [1.82, 2.24) is 5.32 Å². The minimum Gasteiger partial charge on any atom is -0.445 e. The summed E-state index contributed by atoms with van der Waals surface area (Å²) >= 11 is 0. The van der Waals surface area contributed by atoms with Gasteiger partial charge in [-0.25, -0.2) is 4.79 Å². The molecule has 0 heterocycles. The summed E-state index contributed by atoms with van der Waals surface area (Å²) in [6.45, 7) is 6.86. The lowest BCUT2D eigenvalue weighted by atomic mass is 9.83. The van der Waals surface area contributed by atoms with Gasteiger partial charge >= 0.3 is 6.09 Å². The molecule has 1 amide bonds. The van der Waals surface area contributed by atoms with Crippen LogP contribution in [0.3, 0.4) is 0 Å². The lowest BCUT2D eigenvalue weighted by molar-refractivity contribution is -0.287. The first kappa shape index (κ1) is 44.4. The first-order chi connectivity index (χ1) is 29.7. The summed E-state index contributed by atoms with van der Waals surface area (Å²) in [7, 11) is 0. The van der Waals surface area contributed by atoms with Crippen LogP contribution in [0.25, 0.3) is 0 Å². The highest BCUT2D eigenvalue weighted by Crippen LogP contribution is 2.36. The third-order valence-electron chi connectivity index (χ3n) is 10.4. The lowest BCUT2D eigenvalue weighted by Gasteiger charge is -2.49. The second-order valence-corrected chi connectivity index (χ2v) is 14.9. The molecule has 0 aromatic heterocycles. The Kier molecular flexibility index (Phi) is 18.9. The third-order valence-corrected chi connectivity index (χ3v) is 10.4. The number of hydrogen-bond donors (Lipinski definition) is 1. The van der Waals surface area contributed by atoms with Crippen molar-refractivity contribution in [3.05, 3.63) is 192 Å². The average Bonchev–Trinajstić information content (AvgIpc) is 3.30. The van der Waals surface area contributed by atoms with Gasteiger partial charge in [0, 0.05) is 13.2 Å². The van der Waals surface area contributed by atoms with E-state index < -0.39 is 42.7 Å². The normalized spacial score (nSPS) is 20.0. The van der Waals surface area contributed by atoms with Crippen molar-refractivity contribution in [1.29, 1.82) is 0 Å². The smallest absolute Gasteiger partial charge is 0.407 e. The zero-order valence-corrected chi connectivity index (χ0v) is 34.4. The lowest BCUT2D eigenvalue weighted by Crippen LogP contribution is -2.67. The predicted molar refractivity (Wildman–Crippen MR) is 233 cm³/mol. The van der Waals surface area contributed by atoms with E-state index in [1.54, 1.807) is 6.08 Å². The van der Waals surface area contributed by atoms with Gasteiger partial charge in [0.25, 0.3) is 0 Å². The Hall–Kier alpha value is -5.13. The SMILES string of the molecule is C=CCO[C@@H]1[C@H](OCCCCCCNC(=O)OCc2ccccc2)[C@H](OCc2ccccc2)[C@@H](OCc2ccccc2)[C@H](OCc2ccccc2)[C@H]1OCc1ccccc1. The molecule has 60 heavy (non-hydrogen) atoms. The van der Waals surface area contributed by atoms with E-state index in [0.717, 1.165) is 53.5 Å². The number of carbonyl (C=O) groups is 1. The van der Waals surface area contributed by atoms with Gasteiger partial charge < -0.3 is 38.5 Å². The molecule has 316 valence electrons. The van der Waals surface area contributed by atoms with Crippen LogP contribution in [0.1, 0.15) is 53.5 Å². The minimum atomic E-state index is -0.597. The van der Waals surface area contributed by atoms with Crippen LogP contribution in [-0.4, -0.2) is 62.5 Å². The molecule has 0 spiro atoms. The van der Waals surface area contributed by atoms with Gasteiger partial charge in [0.2, 0.25) is 0 Å². The van der Waals surface area contributed by atoms with Crippen molar-refractivity contribution in [2.75, 3.05) is 19.8 Å². The van der Waals surface area contributed by atoms with Gasteiger partial charge in [0.15, 0.2) is 0 Å². The fraction of sp³-hybridized carbons (Fsp3) is 0.353. The van der Waals surface area contributed by atoms with E-state index in [1.807, 2.05) is 103 Å². The second-order valence-electron chi connectivity index (χ2n) is 14.9. The molecular formula is C51H59NO8. The van der Waals surface area contributed by atoms with E-state index in [2.05, 4.69) is 60.4 Å². The van der Waals surface area contributed by atoms with Gasteiger partial charge in [-0.2, -0.15) is 0 Å². The molecule has 5 aromatic carbocycles. The van der Waals surface area contributed by atoms with Crippen molar-refractivity contribution < 1.29 is 38.0 Å². The predicted octanol–water partition coefficient (Wildman–Crippen LogP) is 9.78. The quantitative estimate of drug-likeness (QED) is 0.0460. The molecule has 1 fully saturated rings. The summed E-state index contributed by atoms with van der Waals surface area (Å²) in [4.78, 5) is 12.2. The van der Waals surface area contributed by atoms with Crippen molar-refractivity contribution in [3.63, 3.8) is 0 Å². The van der Waals surface area contributed by atoms with Crippen LogP contribution >= 0.6 is 0 Å². The summed E-state index contributed by atoms with van der Waals surface area (Å²) in [5.41, 5.74) is 5.08. The molecule has 1 saturated carbocycles. The molecule has 0 saturated heterocycles. The molecular weight excluding hydrogens is 755 g/mol. The van der Waals surface area contributed by atoms with Crippen molar-refractivity contribution >= 4 is 6.09 Å². The number of carbonyl (C=O) groups excluding carboxylic acids is 1. The maximum absolute atomic E-state index is 12.2. The monoisotopic (exact) mass is 813 g/mol. The largest absolute Gasteiger partial charge is 0.445 e. The summed E-state index contributed by atoms with van der Waals surface area (Å²) in [6, 6.07) is 50.1. The summed E-state index contributed by atoms with van der Waals surface area (Å²) in [5.74, 6) is 0. The summed E-state index contributed by atoms with van der Waals surface area (Å²) in [6.07, 6.45) is 1.24. The van der Waals surface area contributed by atoms with E-state index in [0.29, 0.717) is 39.6 Å². The highest BCUT2D eigenvalue weighted by molar-refractivity contribution is 5.67. The average molecular weight is 814 g/mol. The summed E-state index contributed by atoms with van der Waals surface area (Å²) in [5, 5.41) is 2.86. The van der Waals surface area contributed by atoms with E-state index in [-0.39, 0.29) is 13.2 Å². The maximum atomic E-state index is 12.2. The number of nitrogens with one attached hydrogen (secondary N) is 1. The van der Waals surface area contributed by atoms with Gasteiger partial charge in [-0.3, -0.25) is 0 Å². The van der Waals surface area contributed by atoms with Crippen LogP contribution in [-0.2, 0) is 66.2 Å². The Balaban J connectivity index is 1.20. The van der Waals surface area contributed by atoms with Gasteiger partial charge in [-0.05, 0) is 40.7 Å². The number of rotatable bonds is 25. The van der Waals surface area contributed by atoms with Crippen molar-refractivity contribution in [2.45, 2.75) is 95.3 Å². The molecule has 0 bridgehead atoms. The van der Waals surface area contributed by atoms with E-state index in [1.165, 1.54) is 0 Å². The number of unbranched alkanes of at least 4 members (excludes halogenated alkanes) is 3. The molecule has 1 N–H and O–H groups in total. The molecule has 0 radical (unpaired) electrons. The third kappa shape index (κ3) is 14.6. The zero-order valence-electron chi connectivity index (χ0n) is 34.4.